The second-order valence-corrected chi connectivity index (χ2v) is 9.01. The van der Waals surface area contributed by atoms with Crippen molar-refractivity contribution in [3.63, 3.8) is 0 Å². The highest BCUT2D eigenvalue weighted by molar-refractivity contribution is 5.36. The van der Waals surface area contributed by atoms with Gasteiger partial charge in [0.1, 0.15) is 0 Å². The predicted octanol–water partition coefficient (Wildman–Crippen LogP) is 5.16. The average molecular weight is 456 g/mol. The van der Waals surface area contributed by atoms with Gasteiger partial charge < -0.3 is 14.2 Å². The fourth-order valence-corrected chi connectivity index (χ4v) is 4.64. The van der Waals surface area contributed by atoms with E-state index in [-0.39, 0.29) is 34.4 Å². The molecule has 2 unspecified atom stereocenters. The van der Waals surface area contributed by atoms with Crippen molar-refractivity contribution >= 4 is 11.4 Å². The highest BCUT2D eigenvalue weighted by Gasteiger charge is 2.52. The summed E-state index contributed by atoms with van der Waals surface area (Å²) >= 11 is 0. The Morgan fingerprint density at radius 2 is 1.09 bits per heavy atom. The topological polar surface area (TPSA) is 114 Å². The molecule has 2 atom stereocenters. The first-order valence-corrected chi connectivity index (χ1v) is 11.1. The summed E-state index contributed by atoms with van der Waals surface area (Å²) in [6.07, 6.45) is 0.914. The molecule has 2 fully saturated rings. The third kappa shape index (κ3) is 4.23. The minimum absolute atomic E-state index is 0.0252. The standard InChI is InChI=1S/C24H28N2O7/c1-3-23(13-31-14-23)21(17-5-9-19(10-6-17)25(27)28)33-22(24(4-2)15-32-16-24)18-7-11-20(12-8-18)26(29)30/h5-12,21-22H,3-4,13-16H2,1-2H3. The summed E-state index contributed by atoms with van der Waals surface area (Å²) in [5.74, 6) is 0. The molecule has 2 saturated heterocycles. The lowest BCUT2D eigenvalue weighted by atomic mass is 9.72. The number of nitro benzene ring substituents is 2. The van der Waals surface area contributed by atoms with Crippen LogP contribution in [0, 0.1) is 31.1 Å². The van der Waals surface area contributed by atoms with Crippen molar-refractivity contribution in [2.24, 2.45) is 10.8 Å². The molecule has 33 heavy (non-hydrogen) atoms. The molecule has 0 aromatic heterocycles. The summed E-state index contributed by atoms with van der Waals surface area (Å²) in [6, 6.07) is 13.0. The zero-order valence-corrected chi connectivity index (χ0v) is 18.8. The lowest BCUT2D eigenvalue weighted by molar-refractivity contribution is -0.385. The van der Waals surface area contributed by atoms with Gasteiger partial charge in [0.05, 0.1) is 48.5 Å². The molecular weight excluding hydrogens is 428 g/mol. The van der Waals surface area contributed by atoms with E-state index < -0.39 is 9.85 Å². The largest absolute Gasteiger partial charge is 0.380 e. The van der Waals surface area contributed by atoms with E-state index in [2.05, 4.69) is 13.8 Å². The molecule has 0 radical (unpaired) electrons. The van der Waals surface area contributed by atoms with Crippen LogP contribution < -0.4 is 0 Å². The van der Waals surface area contributed by atoms with Crippen LogP contribution in [0.5, 0.6) is 0 Å². The van der Waals surface area contributed by atoms with Crippen molar-refractivity contribution in [2.75, 3.05) is 26.4 Å². The van der Waals surface area contributed by atoms with E-state index >= 15 is 0 Å². The van der Waals surface area contributed by atoms with Crippen molar-refractivity contribution in [1.29, 1.82) is 0 Å². The van der Waals surface area contributed by atoms with Crippen LogP contribution in [-0.2, 0) is 14.2 Å². The monoisotopic (exact) mass is 456 g/mol. The number of nitro groups is 2. The second-order valence-electron chi connectivity index (χ2n) is 9.01. The molecule has 0 spiro atoms. The summed E-state index contributed by atoms with van der Waals surface area (Å²) in [5.41, 5.74) is 1.24. The summed E-state index contributed by atoms with van der Waals surface area (Å²) in [5, 5.41) is 22.3. The fourth-order valence-electron chi connectivity index (χ4n) is 4.64. The first-order chi connectivity index (χ1) is 15.8. The minimum Gasteiger partial charge on any atom is -0.380 e. The minimum atomic E-state index is -0.418. The Bertz CT molecular complexity index is 906. The Labute approximate surface area is 192 Å². The molecule has 0 bridgehead atoms. The Balaban J connectivity index is 1.74. The van der Waals surface area contributed by atoms with Gasteiger partial charge in [-0.15, -0.1) is 0 Å². The molecule has 2 aromatic rings. The zero-order valence-electron chi connectivity index (χ0n) is 18.8. The third-order valence-electron chi connectivity index (χ3n) is 7.16. The molecule has 2 aliphatic heterocycles. The predicted molar refractivity (Wildman–Crippen MR) is 120 cm³/mol. The molecule has 2 aromatic carbocycles. The van der Waals surface area contributed by atoms with Gasteiger partial charge >= 0.3 is 0 Å². The van der Waals surface area contributed by atoms with Crippen LogP contribution in [0.4, 0.5) is 11.4 Å². The van der Waals surface area contributed by atoms with Gasteiger partial charge in [-0.1, -0.05) is 13.8 Å². The molecule has 2 heterocycles. The van der Waals surface area contributed by atoms with E-state index in [1.54, 1.807) is 24.3 Å². The summed E-state index contributed by atoms with van der Waals surface area (Å²) < 4.78 is 18.1. The highest BCUT2D eigenvalue weighted by Crippen LogP contribution is 2.53. The van der Waals surface area contributed by atoms with E-state index in [1.807, 2.05) is 0 Å². The molecule has 9 nitrogen and oxygen atoms in total. The quantitative estimate of drug-likeness (QED) is 0.358. The zero-order chi connectivity index (χ0) is 23.6. The molecular formula is C24H28N2O7. The van der Waals surface area contributed by atoms with Gasteiger partial charge in [0.2, 0.25) is 0 Å². The Hall–Kier alpha value is -2.88. The van der Waals surface area contributed by atoms with E-state index in [4.69, 9.17) is 14.2 Å². The van der Waals surface area contributed by atoms with E-state index in [0.717, 1.165) is 24.0 Å². The van der Waals surface area contributed by atoms with Crippen molar-refractivity contribution < 1.29 is 24.1 Å². The number of ether oxygens (including phenoxy) is 3. The van der Waals surface area contributed by atoms with Crippen LogP contribution >= 0.6 is 0 Å². The lowest BCUT2D eigenvalue weighted by Gasteiger charge is -2.52. The molecule has 2 aliphatic rings. The Morgan fingerprint density at radius 1 is 0.758 bits per heavy atom. The first kappa shape index (κ1) is 23.3. The Kier molecular flexibility index (Phi) is 6.47. The smallest absolute Gasteiger partial charge is 0.269 e. The second kappa shape index (κ2) is 9.17. The highest BCUT2D eigenvalue weighted by atomic mass is 16.6. The molecule has 0 aliphatic carbocycles. The maximum Gasteiger partial charge on any atom is 0.269 e. The van der Waals surface area contributed by atoms with E-state index in [0.29, 0.717) is 26.4 Å². The molecule has 176 valence electrons. The molecule has 0 N–H and O–H groups in total. The number of rotatable bonds is 10. The number of hydrogen-bond acceptors (Lipinski definition) is 7. The normalized spacial score (nSPS) is 20.2. The molecule has 9 heteroatoms. The van der Waals surface area contributed by atoms with Gasteiger partial charge in [-0.2, -0.15) is 0 Å². The molecule has 4 rings (SSSR count). The first-order valence-electron chi connectivity index (χ1n) is 11.1. The summed E-state index contributed by atoms with van der Waals surface area (Å²) in [7, 11) is 0. The van der Waals surface area contributed by atoms with E-state index in [1.165, 1.54) is 24.3 Å². The maximum atomic E-state index is 11.1. The fraction of sp³-hybridized carbons (Fsp3) is 0.500. The summed E-state index contributed by atoms with van der Waals surface area (Å²) in [6.45, 7) is 6.32. The van der Waals surface area contributed by atoms with Crippen molar-refractivity contribution in [3.8, 4) is 0 Å². The maximum absolute atomic E-state index is 11.1. The Morgan fingerprint density at radius 3 is 1.30 bits per heavy atom. The van der Waals surface area contributed by atoms with Crippen LogP contribution in [0.25, 0.3) is 0 Å². The van der Waals surface area contributed by atoms with Gasteiger partial charge in [0.15, 0.2) is 0 Å². The number of non-ortho nitro benzene ring substituents is 2. The van der Waals surface area contributed by atoms with E-state index in [9.17, 15) is 20.2 Å². The SMILES string of the molecule is CCC1(C(OC(c2ccc([N+](=O)[O-])cc2)C2(CC)COC2)c2ccc([N+](=O)[O-])cc2)COC1. The number of nitrogens with zero attached hydrogens (tertiary/aromatic N) is 2. The lowest BCUT2D eigenvalue weighted by Crippen LogP contribution is -2.52. The molecule has 0 amide bonds. The van der Waals surface area contributed by atoms with Crippen LogP contribution in [0.2, 0.25) is 0 Å². The van der Waals surface area contributed by atoms with Crippen molar-refractivity contribution in [2.45, 2.75) is 38.9 Å². The van der Waals surface area contributed by atoms with Gasteiger partial charge in [-0.25, -0.2) is 0 Å². The van der Waals surface area contributed by atoms with Crippen molar-refractivity contribution in [3.05, 3.63) is 79.9 Å². The van der Waals surface area contributed by atoms with Gasteiger partial charge in [-0.05, 0) is 48.2 Å². The number of hydrogen-bond donors (Lipinski definition) is 0. The number of benzene rings is 2. The van der Waals surface area contributed by atoms with Crippen LogP contribution in [0.1, 0.15) is 50.0 Å². The van der Waals surface area contributed by atoms with Crippen molar-refractivity contribution in [1.82, 2.24) is 0 Å². The van der Waals surface area contributed by atoms with Gasteiger partial charge in [0, 0.05) is 35.1 Å². The van der Waals surface area contributed by atoms with Gasteiger partial charge in [0.25, 0.3) is 11.4 Å². The van der Waals surface area contributed by atoms with Crippen LogP contribution in [-0.4, -0.2) is 36.3 Å². The van der Waals surface area contributed by atoms with Gasteiger partial charge in [-0.3, -0.25) is 20.2 Å². The molecule has 0 saturated carbocycles. The van der Waals surface area contributed by atoms with Crippen LogP contribution in [0.15, 0.2) is 48.5 Å². The third-order valence-corrected chi connectivity index (χ3v) is 7.16. The van der Waals surface area contributed by atoms with Crippen LogP contribution in [0.3, 0.4) is 0 Å². The average Bonchev–Trinajstić information content (AvgIpc) is 2.76. The summed E-state index contributed by atoms with van der Waals surface area (Å²) in [4.78, 5) is 21.5.